The van der Waals surface area contributed by atoms with Crippen LogP contribution in [0.25, 0.3) is 10.9 Å². The van der Waals surface area contributed by atoms with Crippen molar-refractivity contribution in [3.63, 3.8) is 0 Å². The Labute approximate surface area is 215 Å². The minimum absolute atomic E-state index is 0.0668. The normalized spacial score (nSPS) is 18.0. The number of nitrogens with zero attached hydrogens (tertiary/aromatic N) is 1. The highest BCUT2D eigenvalue weighted by molar-refractivity contribution is 7.91. The van der Waals surface area contributed by atoms with Crippen LogP contribution >= 0.6 is 0 Å². The predicted octanol–water partition coefficient (Wildman–Crippen LogP) is 4.50. The number of hydrogen-bond acceptors (Lipinski definition) is 4. The topological polar surface area (TPSA) is 97.3 Å². The van der Waals surface area contributed by atoms with Crippen molar-refractivity contribution in [2.45, 2.75) is 50.1 Å². The molecule has 0 radical (unpaired) electrons. The summed E-state index contributed by atoms with van der Waals surface area (Å²) in [5.41, 5.74) is -1.33. The minimum Gasteiger partial charge on any atom is -0.332 e. The Balaban J connectivity index is 1.82. The Morgan fingerprint density at radius 2 is 1.89 bits per heavy atom. The highest BCUT2D eigenvalue weighted by Gasteiger charge is 2.40. The number of allylic oxidation sites excluding steroid dienone is 1. The molecule has 5 rings (SSSR count). The number of fused-ring (bicyclic) bond motifs is 1. The highest BCUT2D eigenvalue weighted by Crippen LogP contribution is 2.41. The van der Waals surface area contributed by atoms with Crippen molar-refractivity contribution in [3.05, 3.63) is 82.4 Å². The van der Waals surface area contributed by atoms with Crippen LogP contribution in [0.5, 0.6) is 0 Å². The summed E-state index contributed by atoms with van der Waals surface area (Å²) in [6.07, 6.45) is -0.808. The third kappa shape index (κ3) is 4.68. The first-order valence-electron chi connectivity index (χ1n) is 11.9. The molecule has 2 N–H and O–H groups in total. The quantitative estimate of drug-likeness (QED) is 0.443. The maximum atomic E-state index is 14.7. The van der Waals surface area contributed by atoms with E-state index < -0.39 is 50.6 Å². The zero-order chi connectivity index (χ0) is 27.4. The molecule has 0 spiro atoms. The van der Waals surface area contributed by atoms with Crippen molar-refractivity contribution in [1.29, 1.82) is 0 Å². The standard InChI is InChI=1S/C26H23F4N3O4S/c1-14-11-18-21(12-19(14)26(28,29)30)33(13-15-5-2-3-7-20(15)27)23(22(18)17-6-4-10-31-24(17)34)25(35)32-38(36,37)16-8-9-16/h2-5,7,10-12,16-17H,6,8-9,13H2,1H3,(H,31,34)(H,32,35). The average Bonchev–Trinajstić information content (AvgIpc) is 3.65. The molecule has 1 aliphatic carbocycles. The number of rotatable bonds is 6. The lowest BCUT2D eigenvalue weighted by molar-refractivity contribution is -0.138. The summed E-state index contributed by atoms with van der Waals surface area (Å²) in [7, 11) is -4.05. The lowest BCUT2D eigenvalue weighted by Crippen LogP contribution is -2.36. The number of amides is 2. The number of sulfonamides is 1. The fraction of sp³-hybridized carbons (Fsp3) is 0.308. The maximum Gasteiger partial charge on any atom is 0.416 e. The smallest absolute Gasteiger partial charge is 0.332 e. The van der Waals surface area contributed by atoms with E-state index in [9.17, 15) is 35.6 Å². The molecular formula is C26H23F4N3O4S. The van der Waals surface area contributed by atoms with Gasteiger partial charge in [0.05, 0.1) is 23.3 Å². The number of halogens is 4. The van der Waals surface area contributed by atoms with Gasteiger partial charge in [0.25, 0.3) is 5.91 Å². The van der Waals surface area contributed by atoms with E-state index >= 15 is 0 Å². The van der Waals surface area contributed by atoms with Gasteiger partial charge in [0.1, 0.15) is 11.5 Å². The first kappa shape index (κ1) is 26.0. The van der Waals surface area contributed by atoms with Crippen molar-refractivity contribution < 1.29 is 35.6 Å². The fourth-order valence-corrected chi connectivity index (χ4v) is 6.11. The van der Waals surface area contributed by atoms with E-state index in [4.69, 9.17) is 0 Å². The van der Waals surface area contributed by atoms with Gasteiger partial charge in [0.2, 0.25) is 15.9 Å². The third-order valence-corrected chi connectivity index (χ3v) is 8.65. The monoisotopic (exact) mass is 549 g/mol. The Hall–Kier alpha value is -3.67. The van der Waals surface area contributed by atoms with Crippen LogP contribution in [0.15, 0.2) is 48.7 Å². The van der Waals surface area contributed by atoms with Crippen LogP contribution in [0.1, 0.15) is 57.9 Å². The van der Waals surface area contributed by atoms with Crippen molar-refractivity contribution in [1.82, 2.24) is 14.6 Å². The molecule has 12 heteroatoms. The second-order valence-electron chi connectivity index (χ2n) is 9.50. The Bertz CT molecular complexity index is 1600. The fourth-order valence-electron chi connectivity index (χ4n) is 4.83. The predicted molar refractivity (Wildman–Crippen MR) is 131 cm³/mol. The van der Waals surface area contributed by atoms with Gasteiger partial charge < -0.3 is 9.88 Å². The van der Waals surface area contributed by atoms with E-state index in [1.54, 1.807) is 6.08 Å². The number of aryl methyl sites for hydroxylation is 1. The summed E-state index contributed by atoms with van der Waals surface area (Å²) in [5, 5.41) is 1.96. The summed E-state index contributed by atoms with van der Waals surface area (Å²) >= 11 is 0. The van der Waals surface area contributed by atoms with E-state index in [1.807, 2.05) is 4.72 Å². The Kier molecular flexibility index (Phi) is 6.33. The van der Waals surface area contributed by atoms with Crippen LogP contribution in [0.4, 0.5) is 17.6 Å². The highest BCUT2D eigenvalue weighted by atomic mass is 32.2. The van der Waals surface area contributed by atoms with Gasteiger partial charge in [-0.25, -0.2) is 17.5 Å². The summed E-state index contributed by atoms with van der Waals surface area (Å²) in [4.78, 5) is 26.5. The molecule has 2 heterocycles. The van der Waals surface area contributed by atoms with Gasteiger partial charge in [0.15, 0.2) is 0 Å². The minimum atomic E-state index is -4.73. The molecule has 1 fully saturated rings. The van der Waals surface area contributed by atoms with Crippen LogP contribution < -0.4 is 10.0 Å². The van der Waals surface area contributed by atoms with Crippen molar-refractivity contribution >= 4 is 32.7 Å². The van der Waals surface area contributed by atoms with Crippen LogP contribution in [0.3, 0.4) is 0 Å². The van der Waals surface area contributed by atoms with Gasteiger partial charge in [0, 0.05) is 22.0 Å². The molecule has 1 saturated carbocycles. The SMILES string of the molecule is Cc1cc2c(C3CC=CNC3=O)c(C(=O)NS(=O)(=O)C3CC3)n(Cc3ccccc3F)c2cc1C(F)(F)F. The zero-order valence-corrected chi connectivity index (χ0v) is 20.9. The Morgan fingerprint density at radius 3 is 2.53 bits per heavy atom. The van der Waals surface area contributed by atoms with E-state index in [1.165, 1.54) is 48.0 Å². The first-order chi connectivity index (χ1) is 17.9. The number of nitrogens with one attached hydrogen (secondary N) is 2. The number of benzene rings is 2. The first-order valence-corrected chi connectivity index (χ1v) is 13.4. The molecule has 2 aliphatic rings. The van der Waals surface area contributed by atoms with E-state index in [-0.39, 0.29) is 46.3 Å². The van der Waals surface area contributed by atoms with Crippen molar-refractivity contribution in [2.24, 2.45) is 0 Å². The average molecular weight is 550 g/mol. The van der Waals surface area contributed by atoms with Gasteiger partial charge in [-0.3, -0.25) is 9.59 Å². The largest absolute Gasteiger partial charge is 0.416 e. The van der Waals surface area contributed by atoms with Crippen LogP contribution in [-0.4, -0.2) is 30.0 Å². The van der Waals surface area contributed by atoms with Gasteiger partial charge in [-0.1, -0.05) is 24.3 Å². The molecule has 1 aromatic heterocycles. The molecule has 1 aliphatic heterocycles. The van der Waals surface area contributed by atoms with Gasteiger partial charge in [-0.15, -0.1) is 0 Å². The molecular weight excluding hydrogens is 526 g/mol. The molecule has 3 aromatic rings. The number of hydrogen-bond donors (Lipinski definition) is 2. The molecule has 7 nitrogen and oxygen atoms in total. The van der Waals surface area contributed by atoms with Crippen molar-refractivity contribution in [2.75, 3.05) is 0 Å². The Morgan fingerprint density at radius 1 is 1.18 bits per heavy atom. The van der Waals surface area contributed by atoms with Crippen LogP contribution in [-0.2, 0) is 27.5 Å². The molecule has 38 heavy (non-hydrogen) atoms. The van der Waals surface area contributed by atoms with Crippen molar-refractivity contribution in [3.8, 4) is 0 Å². The maximum absolute atomic E-state index is 14.7. The van der Waals surface area contributed by atoms with E-state index in [0.717, 1.165) is 6.07 Å². The molecule has 200 valence electrons. The van der Waals surface area contributed by atoms with E-state index in [2.05, 4.69) is 5.32 Å². The zero-order valence-electron chi connectivity index (χ0n) is 20.1. The molecule has 0 saturated heterocycles. The summed E-state index contributed by atoms with van der Waals surface area (Å²) in [6, 6.07) is 7.66. The number of carbonyl (C=O) groups excluding carboxylic acids is 2. The molecule has 1 atom stereocenters. The van der Waals surface area contributed by atoms with E-state index in [0.29, 0.717) is 12.8 Å². The molecule has 2 aromatic carbocycles. The van der Waals surface area contributed by atoms with Gasteiger partial charge in [-0.2, -0.15) is 13.2 Å². The van der Waals surface area contributed by atoms with Gasteiger partial charge >= 0.3 is 6.18 Å². The summed E-state index contributed by atoms with van der Waals surface area (Å²) in [6.45, 7) is 0.887. The number of alkyl halides is 3. The third-order valence-electron chi connectivity index (χ3n) is 6.83. The second kappa shape index (κ2) is 9.26. The second-order valence-corrected chi connectivity index (χ2v) is 11.5. The number of carbonyl (C=O) groups is 2. The van der Waals surface area contributed by atoms with Crippen LogP contribution in [0.2, 0.25) is 0 Å². The molecule has 0 bridgehead atoms. The summed E-state index contributed by atoms with van der Waals surface area (Å²) in [5.74, 6) is -3.25. The lowest BCUT2D eigenvalue weighted by atomic mass is 9.89. The van der Waals surface area contributed by atoms with Gasteiger partial charge in [-0.05, 0) is 56.1 Å². The van der Waals surface area contributed by atoms with Crippen LogP contribution in [0, 0.1) is 12.7 Å². The summed E-state index contributed by atoms with van der Waals surface area (Å²) < 4.78 is 84.9. The molecule has 1 unspecified atom stereocenters. The lowest BCUT2D eigenvalue weighted by Gasteiger charge is -2.20. The molecule has 2 amide bonds. The number of aromatic nitrogens is 1.